The minimum Gasteiger partial charge on any atom is -0.493 e. The van der Waals surface area contributed by atoms with Gasteiger partial charge in [0.05, 0.1) is 21.3 Å². The molecular formula is C25H26N2O6. The van der Waals surface area contributed by atoms with Crippen molar-refractivity contribution >= 4 is 5.69 Å². The van der Waals surface area contributed by atoms with Crippen LogP contribution in [-0.4, -0.2) is 34.4 Å². The first kappa shape index (κ1) is 21.1. The number of benzene rings is 3. The molecule has 172 valence electrons. The molecule has 2 atom stereocenters. The minimum atomic E-state index is -0.304. The van der Waals surface area contributed by atoms with E-state index in [2.05, 4.69) is 10.9 Å². The SMILES string of the molecule is COc1cc([C@@H]2C[C@H](NNc3ccccc3)Oc3cc4c(cc32)OCO4)cc(OC)c1OC. The van der Waals surface area contributed by atoms with E-state index in [9.17, 15) is 0 Å². The molecule has 0 aliphatic carbocycles. The normalized spacial score (nSPS) is 18.2. The van der Waals surface area contributed by atoms with Gasteiger partial charge in [0, 0.05) is 29.7 Å². The van der Waals surface area contributed by atoms with Crippen LogP contribution in [0.4, 0.5) is 5.69 Å². The zero-order chi connectivity index (χ0) is 22.8. The molecule has 0 saturated carbocycles. The molecule has 8 nitrogen and oxygen atoms in total. The molecule has 0 aromatic heterocycles. The molecule has 3 aromatic rings. The Morgan fingerprint density at radius 3 is 2.18 bits per heavy atom. The Bertz CT molecular complexity index is 1110. The van der Waals surface area contributed by atoms with Crippen molar-refractivity contribution in [2.45, 2.75) is 18.6 Å². The van der Waals surface area contributed by atoms with E-state index in [0.717, 1.165) is 22.6 Å². The number of ether oxygens (including phenoxy) is 6. The van der Waals surface area contributed by atoms with Crippen molar-refractivity contribution in [1.82, 2.24) is 5.43 Å². The van der Waals surface area contributed by atoms with Crippen molar-refractivity contribution in [3.05, 3.63) is 65.7 Å². The van der Waals surface area contributed by atoms with E-state index in [1.165, 1.54) is 0 Å². The van der Waals surface area contributed by atoms with Gasteiger partial charge < -0.3 is 33.8 Å². The summed E-state index contributed by atoms with van der Waals surface area (Å²) in [7, 11) is 4.83. The van der Waals surface area contributed by atoms with Crippen LogP contribution in [-0.2, 0) is 0 Å². The minimum absolute atomic E-state index is 0.0213. The molecule has 0 spiro atoms. The van der Waals surface area contributed by atoms with Gasteiger partial charge in [-0.1, -0.05) is 18.2 Å². The van der Waals surface area contributed by atoms with Crippen LogP contribution in [0, 0.1) is 0 Å². The highest BCUT2D eigenvalue weighted by Gasteiger charge is 2.33. The van der Waals surface area contributed by atoms with Gasteiger partial charge in [-0.2, -0.15) is 5.43 Å². The third kappa shape index (κ3) is 4.05. The van der Waals surface area contributed by atoms with Crippen molar-refractivity contribution in [3.8, 4) is 34.5 Å². The van der Waals surface area contributed by atoms with E-state index in [4.69, 9.17) is 28.4 Å². The summed E-state index contributed by atoms with van der Waals surface area (Å²) in [6, 6.07) is 17.7. The maximum atomic E-state index is 6.29. The van der Waals surface area contributed by atoms with Crippen LogP contribution in [0.5, 0.6) is 34.5 Å². The lowest BCUT2D eigenvalue weighted by Crippen LogP contribution is -2.42. The van der Waals surface area contributed by atoms with E-state index in [1.54, 1.807) is 21.3 Å². The lowest BCUT2D eigenvalue weighted by atomic mass is 9.85. The largest absolute Gasteiger partial charge is 0.493 e. The highest BCUT2D eigenvalue weighted by Crippen LogP contribution is 2.49. The average Bonchev–Trinajstić information content (AvgIpc) is 3.32. The third-order valence-electron chi connectivity index (χ3n) is 5.84. The molecule has 3 aromatic carbocycles. The van der Waals surface area contributed by atoms with Crippen LogP contribution >= 0.6 is 0 Å². The second-order valence-corrected chi connectivity index (χ2v) is 7.73. The fourth-order valence-corrected chi connectivity index (χ4v) is 4.25. The number of para-hydroxylation sites is 1. The second kappa shape index (κ2) is 8.99. The average molecular weight is 450 g/mol. The molecule has 2 aliphatic rings. The van der Waals surface area contributed by atoms with Crippen molar-refractivity contribution in [2.75, 3.05) is 33.5 Å². The predicted molar refractivity (Wildman–Crippen MR) is 123 cm³/mol. The summed E-state index contributed by atoms with van der Waals surface area (Å²) in [5.41, 5.74) is 9.49. The lowest BCUT2D eigenvalue weighted by Gasteiger charge is -2.33. The summed E-state index contributed by atoms with van der Waals surface area (Å²) in [6.45, 7) is 0.199. The number of methoxy groups -OCH3 is 3. The number of hydrazine groups is 1. The smallest absolute Gasteiger partial charge is 0.231 e. The first-order valence-corrected chi connectivity index (χ1v) is 10.7. The molecular weight excluding hydrogens is 424 g/mol. The topological polar surface area (TPSA) is 79.4 Å². The summed E-state index contributed by atoms with van der Waals surface area (Å²) in [6.07, 6.45) is 0.354. The Balaban J connectivity index is 1.52. The molecule has 8 heteroatoms. The monoisotopic (exact) mass is 450 g/mol. The van der Waals surface area contributed by atoms with Gasteiger partial charge in [-0.3, -0.25) is 0 Å². The molecule has 2 aliphatic heterocycles. The maximum Gasteiger partial charge on any atom is 0.231 e. The molecule has 0 amide bonds. The Morgan fingerprint density at radius 2 is 1.52 bits per heavy atom. The number of fused-ring (bicyclic) bond motifs is 2. The first-order chi connectivity index (χ1) is 16.2. The number of hydrogen-bond acceptors (Lipinski definition) is 8. The van der Waals surface area contributed by atoms with Gasteiger partial charge in [0.15, 0.2) is 29.2 Å². The van der Waals surface area contributed by atoms with E-state index >= 15 is 0 Å². The molecule has 0 unspecified atom stereocenters. The van der Waals surface area contributed by atoms with Crippen LogP contribution in [0.1, 0.15) is 23.5 Å². The van der Waals surface area contributed by atoms with Crippen LogP contribution in [0.2, 0.25) is 0 Å². The van der Waals surface area contributed by atoms with Gasteiger partial charge >= 0.3 is 0 Å². The van der Waals surface area contributed by atoms with Crippen LogP contribution in [0.15, 0.2) is 54.6 Å². The summed E-state index contributed by atoms with van der Waals surface area (Å²) in [4.78, 5) is 0. The Hall–Kier alpha value is -3.78. The zero-order valence-electron chi connectivity index (χ0n) is 18.7. The van der Waals surface area contributed by atoms with Gasteiger partial charge in [0.25, 0.3) is 0 Å². The number of hydrogen-bond donors (Lipinski definition) is 2. The third-order valence-corrected chi connectivity index (χ3v) is 5.84. The quantitative estimate of drug-likeness (QED) is 0.516. The van der Waals surface area contributed by atoms with Crippen molar-refractivity contribution < 1.29 is 28.4 Å². The molecule has 0 saturated heterocycles. The van der Waals surface area contributed by atoms with Crippen molar-refractivity contribution in [1.29, 1.82) is 0 Å². The van der Waals surface area contributed by atoms with Crippen molar-refractivity contribution in [3.63, 3.8) is 0 Å². The number of nitrogens with one attached hydrogen (secondary N) is 2. The Morgan fingerprint density at radius 1 is 0.818 bits per heavy atom. The molecule has 2 heterocycles. The number of rotatable bonds is 7. The summed E-state index contributed by atoms with van der Waals surface area (Å²) >= 11 is 0. The van der Waals surface area contributed by atoms with Gasteiger partial charge in [-0.05, 0) is 35.9 Å². The highest BCUT2D eigenvalue weighted by atomic mass is 16.7. The van der Waals surface area contributed by atoms with Gasteiger partial charge in [0.2, 0.25) is 12.5 Å². The molecule has 0 radical (unpaired) electrons. The molecule has 33 heavy (non-hydrogen) atoms. The molecule has 0 bridgehead atoms. The lowest BCUT2D eigenvalue weighted by molar-refractivity contribution is 0.138. The van der Waals surface area contributed by atoms with Crippen molar-refractivity contribution in [2.24, 2.45) is 0 Å². The Labute approximate surface area is 192 Å². The van der Waals surface area contributed by atoms with E-state index in [0.29, 0.717) is 35.2 Å². The van der Waals surface area contributed by atoms with Gasteiger partial charge in [0.1, 0.15) is 5.75 Å². The Kier molecular flexibility index (Phi) is 5.75. The van der Waals surface area contributed by atoms with Gasteiger partial charge in [-0.15, -0.1) is 0 Å². The van der Waals surface area contributed by atoms with E-state index in [-0.39, 0.29) is 18.9 Å². The fraction of sp³-hybridized carbons (Fsp3) is 0.280. The second-order valence-electron chi connectivity index (χ2n) is 7.73. The van der Waals surface area contributed by atoms with E-state index < -0.39 is 0 Å². The molecule has 0 fully saturated rings. The zero-order valence-corrected chi connectivity index (χ0v) is 18.7. The standard InChI is InChI=1S/C25H26N2O6/c1-28-22-9-15(10-23(29-2)25(22)30-3)17-12-24(27-26-16-7-5-4-6-8-16)33-19-13-21-20(11-18(17)19)31-14-32-21/h4-11,13,17,24,26-27H,12,14H2,1-3H3/t17-,24+/m0/s1. The molecule has 2 N–H and O–H groups in total. The van der Waals surface area contributed by atoms with E-state index in [1.807, 2.05) is 54.6 Å². The van der Waals surface area contributed by atoms with Crippen LogP contribution in [0.3, 0.4) is 0 Å². The number of anilines is 1. The maximum absolute atomic E-state index is 6.29. The van der Waals surface area contributed by atoms with Crippen LogP contribution in [0.25, 0.3) is 0 Å². The van der Waals surface area contributed by atoms with Crippen LogP contribution < -0.4 is 39.3 Å². The highest BCUT2D eigenvalue weighted by molar-refractivity contribution is 5.59. The summed E-state index contributed by atoms with van der Waals surface area (Å²) < 4.78 is 34.2. The summed E-state index contributed by atoms with van der Waals surface area (Å²) in [5, 5.41) is 0. The first-order valence-electron chi connectivity index (χ1n) is 10.7. The summed E-state index contributed by atoms with van der Waals surface area (Å²) in [5.74, 6) is 3.86. The fourth-order valence-electron chi connectivity index (χ4n) is 4.25. The molecule has 5 rings (SSSR count). The predicted octanol–water partition coefficient (Wildman–Crippen LogP) is 4.30. The van der Waals surface area contributed by atoms with Gasteiger partial charge in [-0.25, -0.2) is 0 Å².